The predicted octanol–water partition coefficient (Wildman–Crippen LogP) is 4.06. The molecule has 0 aliphatic heterocycles. The molecular weight excluding hydrogens is 380 g/mol. The van der Waals surface area contributed by atoms with Crippen LogP contribution in [0.5, 0.6) is 0 Å². The predicted molar refractivity (Wildman–Crippen MR) is 115 cm³/mol. The molecule has 3 atom stereocenters. The lowest BCUT2D eigenvalue weighted by atomic mass is 9.79. The number of aromatic amines is 1. The van der Waals surface area contributed by atoms with Crippen molar-refractivity contribution in [2.24, 2.45) is 5.92 Å². The van der Waals surface area contributed by atoms with Gasteiger partial charge in [-0.15, -0.1) is 0 Å². The van der Waals surface area contributed by atoms with E-state index in [-0.39, 0.29) is 17.5 Å². The maximum absolute atomic E-state index is 12.6. The number of aromatic nitrogens is 4. The van der Waals surface area contributed by atoms with Gasteiger partial charge in [0, 0.05) is 12.0 Å². The summed E-state index contributed by atoms with van der Waals surface area (Å²) in [5.74, 6) is -1.09. The summed E-state index contributed by atoms with van der Waals surface area (Å²) in [6, 6.07) is 10.5. The van der Waals surface area contributed by atoms with Crippen molar-refractivity contribution in [3.8, 4) is 0 Å². The monoisotopic (exact) mass is 408 g/mol. The van der Waals surface area contributed by atoms with E-state index in [1.807, 2.05) is 10.6 Å². The van der Waals surface area contributed by atoms with Crippen LogP contribution in [0.1, 0.15) is 68.8 Å². The molecule has 30 heavy (non-hydrogen) atoms. The number of benzene rings is 1. The highest BCUT2D eigenvalue weighted by Crippen LogP contribution is 2.36. The van der Waals surface area contributed by atoms with Crippen molar-refractivity contribution < 1.29 is 9.90 Å². The number of aryl methyl sites for hydroxylation is 1. The smallest absolute Gasteiger partial charge is 0.307 e. The quantitative estimate of drug-likeness (QED) is 0.614. The number of H-pyrrole nitrogens is 1. The highest BCUT2D eigenvalue weighted by molar-refractivity contribution is 5.72. The summed E-state index contributed by atoms with van der Waals surface area (Å²) in [7, 11) is 0. The van der Waals surface area contributed by atoms with Gasteiger partial charge in [0.25, 0.3) is 5.56 Å². The van der Waals surface area contributed by atoms with Gasteiger partial charge in [-0.2, -0.15) is 0 Å². The number of fused-ring (bicyclic) bond motifs is 1. The minimum Gasteiger partial charge on any atom is -0.481 e. The molecule has 0 saturated heterocycles. The van der Waals surface area contributed by atoms with Crippen molar-refractivity contribution in [3.05, 3.63) is 58.4 Å². The van der Waals surface area contributed by atoms with Gasteiger partial charge in [-0.25, -0.2) is 9.97 Å². The first-order valence-electron chi connectivity index (χ1n) is 10.8. The van der Waals surface area contributed by atoms with Crippen LogP contribution in [0.2, 0.25) is 0 Å². The van der Waals surface area contributed by atoms with Crippen LogP contribution in [0.15, 0.2) is 41.5 Å². The van der Waals surface area contributed by atoms with Crippen LogP contribution < -0.4 is 5.56 Å². The van der Waals surface area contributed by atoms with E-state index in [0.717, 1.165) is 38.5 Å². The Bertz CT molecular complexity index is 1070. The summed E-state index contributed by atoms with van der Waals surface area (Å²) in [6.07, 6.45) is 7.83. The third-order valence-electron chi connectivity index (χ3n) is 6.29. The Morgan fingerprint density at radius 2 is 2.03 bits per heavy atom. The number of hydrogen-bond donors (Lipinski definition) is 2. The average molecular weight is 409 g/mol. The van der Waals surface area contributed by atoms with E-state index in [1.54, 1.807) is 6.33 Å². The van der Waals surface area contributed by atoms with E-state index < -0.39 is 11.9 Å². The van der Waals surface area contributed by atoms with Crippen molar-refractivity contribution in [1.82, 2.24) is 19.5 Å². The second kappa shape index (κ2) is 8.81. The van der Waals surface area contributed by atoms with Crippen LogP contribution in [0.25, 0.3) is 11.2 Å². The van der Waals surface area contributed by atoms with Gasteiger partial charge in [0.15, 0.2) is 11.2 Å². The standard InChI is InChI=1S/C23H28N4O3/c1-15(8-7-11-16-9-3-2-4-10-16)27-14-24-19-21(27)25-20(26-22(19)28)17-12-5-6-13-18(17)23(29)30/h2-4,9-10,14-15,17-18H,5-8,11-13H2,1H3,(H,29,30)(H,25,26,28). The average Bonchev–Trinajstić information content (AvgIpc) is 3.19. The molecule has 0 spiro atoms. The molecule has 1 saturated carbocycles. The Labute approximate surface area is 175 Å². The molecule has 2 heterocycles. The zero-order valence-electron chi connectivity index (χ0n) is 17.3. The molecule has 2 N–H and O–H groups in total. The van der Waals surface area contributed by atoms with E-state index in [1.165, 1.54) is 5.56 Å². The van der Waals surface area contributed by atoms with E-state index >= 15 is 0 Å². The molecule has 158 valence electrons. The van der Waals surface area contributed by atoms with Crippen molar-refractivity contribution >= 4 is 17.1 Å². The number of aliphatic carboxylic acids is 1. The van der Waals surface area contributed by atoms with Crippen LogP contribution in [0.3, 0.4) is 0 Å². The molecule has 1 aromatic carbocycles. The molecule has 0 radical (unpaired) electrons. The normalized spacial score (nSPS) is 20.3. The zero-order valence-corrected chi connectivity index (χ0v) is 17.3. The molecule has 7 heteroatoms. The number of carboxylic acid groups (broad SMARTS) is 1. The Morgan fingerprint density at radius 1 is 1.27 bits per heavy atom. The first-order chi connectivity index (χ1) is 14.5. The molecule has 0 bridgehead atoms. The van der Waals surface area contributed by atoms with Crippen LogP contribution >= 0.6 is 0 Å². The summed E-state index contributed by atoms with van der Waals surface area (Å²) in [4.78, 5) is 36.2. The van der Waals surface area contributed by atoms with Gasteiger partial charge in [-0.1, -0.05) is 43.2 Å². The number of carboxylic acids is 1. The topological polar surface area (TPSA) is 101 Å². The van der Waals surface area contributed by atoms with Gasteiger partial charge in [-0.3, -0.25) is 9.59 Å². The highest BCUT2D eigenvalue weighted by atomic mass is 16.4. The molecule has 1 aliphatic rings. The summed E-state index contributed by atoms with van der Waals surface area (Å²) in [5, 5.41) is 9.61. The first kappa shape index (κ1) is 20.3. The third-order valence-corrected chi connectivity index (χ3v) is 6.29. The van der Waals surface area contributed by atoms with Gasteiger partial charge < -0.3 is 14.7 Å². The van der Waals surface area contributed by atoms with E-state index in [4.69, 9.17) is 4.98 Å². The Morgan fingerprint density at radius 3 is 2.80 bits per heavy atom. The highest BCUT2D eigenvalue weighted by Gasteiger charge is 2.34. The molecule has 4 rings (SSSR count). The Hall–Kier alpha value is -2.96. The zero-order chi connectivity index (χ0) is 21.1. The number of imidazole rings is 1. The third kappa shape index (κ3) is 4.15. The van der Waals surface area contributed by atoms with Gasteiger partial charge >= 0.3 is 5.97 Å². The summed E-state index contributed by atoms with van der Waals surface area (Å²) in [6.45, 7) is 2.11. The Kier molecular flexibility index (Phi) is 5.97. The summed E-state index contributed by atoms with van der Waals surface area (Å²) >= 11 is 0. The molecule has 7 nitrogen and oxygen atoms in total. The van der Waals surface area contributed by atoms with Gasteiger partial charge in [0.05, 0.1) is 12.2 Å². The van der Waals surface area contributed by atoms with E-state index in [9.17, 15) is 14.7 Å². The molecule has 2 aromatic heterocycles. The van der Waals surface area contributed by atoms with Crippen molar-refractivity contribution in [1.29, 1.82) is 0 Å². The lowest BCUT2D eigenvalue weighted by molar-refractivity contribution is -0.143. The van der Waals surface area contributed by atoms with Crippen LogP contribution in [-0.2, 0) is 11.2 Å². The van der Waals surface area contributed by atoms with Crippen LogP contribution in [0.4, 0.5) is 0 Å². The van der Waals surface area contributed by atoms with Crippen LogP contribution in [0, 0.1) is 5.92 Å². The lowest BCUT2D eigenvalue weighted by Gasteiger charge is -2.27. The van der Waals surface area contributed by atoms with Gasteiger partial charge in [0.1, 0.15) is 5.82 Å². The fourth-order valence-corrected chi connectivity index (χ4v) is 4.58. The minimum absolute atomic E-state index is 0.141. The fourth-order valence-electron chi connectivity index (χ4n) is 4.58. The number of nitrogens with one attached hydrogen (secondary N) is 1. The summed E-state index contributed by atoms with van der Waals surface area (Å²) < 4.78 is 1.96. The molecule has 1 aliphatic carbocycles. The lowest BCUT2D eigenvalue weighted by Crippen LogP contribution is -2.28. The second-order valence-corrected chi connectivity index (χ2v) is 8.34. The molecule has 1 fully saturated rings. The van der Waals surface area contributed by atoms with Crippen LogP contribution in [-0.4, -0.2) is 30.6 Å². The molecular formula is C23H28N4O3. The molecule has 3 aromatic rings. The largest absolute Gasteiger partial charge is 0.481 e. The molecule has 0 amide bonds. The van der Waals surface area contributed by atoms with Gasteiger partial charge in [0.2, 0.25) is 0 Å². The van der Waals surface area contributed by atoms with Crippen molar-refractivity contribution in [2.75, 3.05) is 0 Å². The van der Waals surface area contributed by atoms with Gasteiger partial charge in [-0.05, 0) is 44.6 Å². The fraction of sp³-hybridized carbons (Fsp3) is 0.478. The number of nitrogens with zero attached hydrogens (tertiary/aromatic N) is 3. The Balaban J connectivity index is 1.57. The SMILES string of the molecule is CC(CCCc1ccccc1)n1cnc2c(=O)[nH]c(C3CCCCC3C(=O)O)nc21. The number of hydrogen-bond acceptors (Lipinski definition) is 4. The molecule has 3 unspecified atom stereocenters. The number of rotatable bonds is 7. The first-order valence-corrected chi connectivity index (χ1v) is 10.8. The second-order valence-electron chi connectivity index (χ2n) is 8.34. The number of carbonyl (C=O) groups is 1. The van der Waals surface area contributed by atoms with Crippen molar-refractivity contribution in [3.63, 3.8) is 0 Å². The van der Waals surface area contributed by atoms with E-state index in [0.29, 0.717) is 23.4 Å². The minimum atomic E-state index is -0.815. The maximum Gasteiger partial charge on any atom is 0.307 e. The maximum atomic E-state index is 12.6. The van der Waals surface area contributed by atoms with E-state index in [2.05, 4.69) is 41.2 Å². The summed E-state index contributed by atoms with van der Waals surface area (Å²) in [5.41, 5.74) is 1.89. The van der Waals surface area contributed by atoms with Crippen molar-refractivity contribution in [2.45, 2.75) is 63.8 Å².